The number of benzene rings is 1. The average molecular weight is 270 g/mol. The van der Waals surface area contributed by atoms with Crippen molar-refractivity contribution in [1.82, 2.24) is 9.97 Å². The first-order valence-corrected chi connectivity index (χ1v) is 5.49. The highest BCUT2D eigenvalue weighted by atomic mass is 35.5. The number of anilines is 1. The number of hydrogen-bond acceptors (Lipinski definition) is 4. The number of nitrogens with zero attached hydrogens (tertiary/aromatic N) is 2. The molecular formula is C11H9Cl2N3O. The van der Waals surface area contributed by atoms with E-state index < -0.39 is 0 Å². The van der Waals surface area contributed by atoms with Crippen LogP contribution in [0.3, 0.4) is 0 Å². The Kier molecular flexibility index (Phi) is 3.36. The first kappa shape index (κ1) is 12.0. The molecule has 0 fully saturated rings. The molecule has 2 N–H and O–H groups in total. The molecule has 2 aromatic rings. The Morgan fingerprint density at radius 1 is 1.24 bits per heavy atom. The second kappa shape index (κ2) is 4.77. The van der Waals surface area contributed by atoms with Crippen LogP contribution < -0.4 is 10.5 Å². The quantitative estimate of drug-likeness (QED) is 0.852. The summed E-state index contributed by atoms with van der Waals surface area (Å²) < 4.78 is 5.07. The van der Waals surface area contributed by atoms with Crippen molar-refractivity contribution < 1.29 is 4.74 Å². The lowest BCUT2D eigenvalue weighted by atomic mass is 10.1. The minimum Gasteiger partial charge on any atom is -0.497 e. The molecule has 0 amide bonds. The highest BCUT2D eigenvalue weighted by molar-refractivity contribution is 6.34. The third-order valence-corrected chi connectivity index (χ3v) is 2.88. The van der Waals surface area contributed by atoms with Crippen LogP contribution in [0, 0.1) is 0 Å². The lowest BCUT2D eigenvalue weighted by Crippen LogP contribution is -1.97. The number of nitrogens with two attached hydrogens (primary N) is 1. The fourth-order valence-electron chi connectivity index (χ4n) is 1.40. The monoisotopic (exact) mass is 269 g/mol. The number of ether oxygens (including phenoxy) is 1. The molecule has 4 nitrogen and oxygen atoms in total. The molecule has 1 aromatic carbocycles. The molecule has 6 heteroatoms. The van der Waals surface area contributed by atoms with Gasteiger partial charge in [0.25, 0.3) is 0 Å². The summed E-state index contributed by atoms with van der Waals surface area (Å²) >= 11 is 12.0. The van der Waals surface area contributed by atoms with Gasteiger partial charge in [0.15, 0.2) is 5.15 Å². The van der Waals surface area contributed by atoms with Gasteiger partial charge in [0.2, 0.25) is 0 Å². The number of methoxy groups -OCH3 is 1. The largest absolute Gasteiger partial charge is 0.497 e. The van der Waals surface area contributed by atoms with E-state index in [0.29, 0.717) is 27.7 Å². The van der Waals surface area contributed by atoms with Crippen LogP contribution in [0.25, 0.3) is 11.3 Å². The minimum atomic E-state index is 0.210. The smallest absolute Gasteiger partial charge is 0.155 e. The van der Waals surface area contributed by atoms with Crippen molar-refractivity contribution in [3.63, 3.8) is 0 Å². The fourth-order valence-corrected chi connectivity index (χ4v) is 1.80. The highest BCUT2D eigenvalue weighted by Crippen LogP contribution is 2.34. The standard InChI is InChI=1S/C11H9Cl2N3O/c1-17-6-2-3-7(8(12)4-6)10-9(14)11(13)16-5-15-10/h2-5H,14H2,1H3. The maximum atomic E-state index is 6.13. The summed E-state index contributed by atoms with van der Waals surface area (Å²) in [6, 6.07) is 5.24. The van der Waals surface area contributed by atoms with Crippen molar-refractivity contribution in [3.05, 3.63) is 34.7 Å². The van der Waals surface area contributed by atoms with E-state index in [1.165, 1.54) is 6.33 Å². The molecule has 0 bridgehead atoms. The van der Waals surface area contributed by atoms with E-state index >= 15 is 0 Å². The third-order valence-electron chi connectivity index (χ3n) is 2.27. The Bertz CT molecular complexity index is 560. The van der Waals surface area contributed by atoms with Gasteiger partial charge in [-0.3, -0.25) is 0 Å². The van der Waals surface area contributed by atoms with Gasteiger partial charge in [0.1, 0.15) is 12.1 Å². The zero-order valence-electron chi connectivity index (χ0n) is 8.95. The van der Waals surface area contributed by atoms with Gasteiger partial charge in [-0.05, 0) is 18.2 Å². The van der Waals surface area contributed by atoms with Crippen molar-refractivity contribution in [3.8, 4) is 17.0 Å². The molecule has 1 aromatic heterocycles. The average Bonchev–Trinajstić information content (AvgIpc) is 2.33. The van der Waals surface area contributed by atoms with Crippen molar-refractivity contribution in [2.75, 3.05) is 12.8 Å². The normalized spacial score (nSPS) is 10.3. The number of rotatable bonds is 2. The maximum Gasteiger partial charge on any atom is 0.155 e. The van der Waals surface area contributed by atoms with Crippen LogP contribution in [0.1, 0.15) is 0 Å². The van der Waals surface area contributed by atoms with Crippen LogP contribution in [0.4, 0.5) is 5.69 Å². The Balaban J connectivity index is 2.57. The molecule has 88 valence electrons. The number of nitrogen functional groups attached to an aromatic ring is 1. The molecule has 0 radical (unpaired) electrons. The highest BCUT2D eigenvalue weighted by Gasteiger charge is 2.12. The Morgan fingerprint density at radius 2 is 2.00 bits per heavy atom. The van der Waals surface area contributed by atoms with Crippen molar-refractivity contribution in [1.29, 1.82) is 0 Å². The van der Waals surface area contributed by atoms with E-state index in [1.54, 1.807) is 25.3 Å². The minimum absolute atomic E-state index is 0.210. The third kappa shape index (κ3) is 2.28. The molecule has 0 aliphatic heterocycles. The molecule has 0 unspecified atom stereocenters. The zero-order chi connectivity index (χ0) is 12.4. The molecule has 1 heterocycles. The predicted octanol–water partition coefficient (Wildman–Crippen LogP) is 3.04. The SMILES string of the molecule is COc1ccc(-c2ncnc(Cl)c2N)c(Cl)c1. The Labute approximate surface area is 108 Å². The Hall–Kier alpha value is -1.52. The number of halogens is 2. The molecule has 0 atom stereocenters. The molecule has 2 rings (SSSR count). The van der Waals surface area contributed by atoms with E-state index in [0.717, 1.165) is 0 Å². The van der Waals surface area contributed by atoms with E-state index in [2.05, 4.69) is 9.97 Å². The van der Waals surface area contributed by atoms with Gasteiger partial charge >= 0.3 is 0 Å². The molecular weight excluding hydrogens is 261 g/mol. The van der Waals surface area contributed by atoms with Crippen molar-refractivity contribution >= 4 is 28.9 Å². The van der Waals surface area contributed by atoms with Crippen LogP contribution in [0.15, 0.2) is 24.5 Å². The zero-order valence-corrected chi connectivity index (χ0v) is 10.5. The van der Waals surface area contributed by atoms with Crippen LogP contribution in [-0.4, -0.2) is 17.1 Å². The van der Waals surface area contributed by atoms with Crippen molar-refractivity contribution in [2.45, 2.75) is 0 Å². The van der Waals surface area contributed by atoms with E-state index in [1.807, 2.05) is 0 Å². The van der Waals surface area contributed by atoms with Crippen LogP contribution in [0.5, 0.6) is 5.75 Å². The molecule has 0 aliphatic carbocycles. The van der Waals surface area contributed by atoms with Crippen LogP contribution in [0.2, 0.25) is 10.2 Å². The van der Waals surface area contributed by atoms with Gasteiger partial charge in [-0.2, -0.15) is 0 Å². The van der Waals surface area contributed by atoms with Gasteiger partial charge in [0, 0.05) is 5.56 Å². The number of aromatic nitrogens is 2. The lowest BCUT2D eigenvalue weighted by molar-refractivity contribution is 0.415. The van der Waals surface area contributed by atoms with E-state index in [4.69, 9.17) is 33.7 Å². The van der Waals surface area contributed by atoms with E-state index in [9.17, 15) is 0 Å². The topological polar surface area (TPSA) is 61.0 Å². The predicted molar refractivity (Wildman–Crippen MR) is 68.5 cm³/mol. The fraction of sp³-hybridized carbons (Fsp3) is 0.0909. The first-order chi connectivity index (χ1) is 8.13. The van der Waals surface area contributed by atoms with Crippen molar-refractivity contribution in [2.24, 2.45) is 0 Å². The lowest BCUT2D eigenvalue weighted by Gasteiger charge is -2.08. The first-order valence-electron chi connectivity index (χ1n) is 4.73. The van der Waals surface area contributed by atoms with Crippen LogP contribution in [-0.2, 0) is 0 Å². The molecule has 17 heavy (non-hydrogen) atoms. The van der Waals surface area contributed by atoms with Gasteiger partial charge in [-0.15, -0.1) is 0 Å². The van der Waals surface area contributed by atoms with Gasteiger partial charge in [-0.1, -0.05) is 23.2 Å². The van der Waals surface area contributed by atoms with Crippen LogP contribution >= 0.6 is 23.2 Å². The Morgan fingerprint density at radius 3 is 2.65 bits per heavy atom. The summed E-state index contributed by atoms with van der Waals surface area (Å²) in [5.74, 6) is 0.664. The molecule has 0 saturated carbocycles. The maximum absolute atomic E-state index is 6.13. The summed E-state index contributed by atoms with van der Waals surface area (Å²) in [7, 11) is 1.57. The van der Waals surface area contributed by atoms with Gasteiger partial charge in [-0.25, -0.2) is 9.97 Å². The summed E-state index contributed by atoms with van der Waals surface area (Å²) in [5.41, 5.74) is 7.31. The summed E-state index contributed by atoms with van der Waals surface area (Å²) in [4.78, 5) is 7.87. The number of hydrogen-bond donors (Lipinski definition) is 1. The summed E-state index contributed by atoms with van der Waals surface area (Å²) in [6.45, 7) is 0. The second-order valence-corrected chi connectivity index (χ2v) is 4.04. The van der Waals surface area contributed by atoms with E-state index in [-0.39, 0.29) is 5.15 Å². The van der Waals surface area contributed by atoms with Gasteiger partial charge < -0.3 is 10.5 Å². The second-order valence-electron chi connectivity index (χ2n) is 3.27. The molecule has 0 spiro atoms. The summed E-state index contributed by atoms with van der Waals surface area (Å²) in [6.07, 6.45) is 1.34. The summed E-state index contributed by atoms with van der Waals surface area (Å²) in [5, 5.41) is 0.702. The molecule has 0 saturated heterocycles. The van der Waals surface area contributed by atoms with Gasteiger partial charge in [0.05, 0.1) is 23.5 Å². The molecule has 0 aliphatic rings.